The summed E-state index contributed by atoms with van der Waals surface area (Å²) in [4.78, 5) is 2.80. The Morgan fingerprint density at radius 2 is 1.61 bits per heavy atom. The van der Waals surface area contributed by atoms with E-state index in [2.05, 4.69) is 24.1 Å². The van der Waals surface area contributed by atoms with E-state index in [1.807, 2.05) is 0 Å². The van der Waals surface area contributed by atoms with Crippen molar-refractivity contribution in [2.24, 2.45) is 0 Å². The van der Waals surface area contributed by atoms with Crippen LogP contribution in [0.1, 0.15) is 71.6 Å². The summed E-state index contributed by atoms with van der Waals surface area (Å²) in [6.45, 7) is 7.28. The van der Waals surface area contributed by atoms with Gasteiger partial charge in [0, 0.05) is 24.7 Å². The fourth-order valence-electron chi connectivity index (χ4n) is 3.71. The van der Waals surface area contributed by atoms with E-state index >= 15 is 0 Å². The smallest absolute Gasteiger partial charge is 0.0195 e. The molecule has 0 spiro atoms. The average molecular weight is 252 g/mol. The van der Waals surface area contributed by atoms with Crippen LogP contribution in [-0.2, 0) is 0 Å². The predicted molar refractivity (Wildman–Crippen MR) is 79.0 cm³/mol. The highest BCUT2D eigenvalue weighted by atomic mass is 15.2. The minimum absolute atomic E-state index is 0.705. The summed E-state index contributed by atoms with van der Waals surface area (Å²) in [6.07, 6.45) is 12.9. The van der Waals surface area contributed by atoms with Crippen LogP contribution in [-0.4, -0.2) is 36.1 Å². The Labute approximate surface area is 114 Å². The molecule has 1 saturated carbocycles. The highest BCUT2D eigenvalue weighted by molar-refractivity contribution is 4.83. The zero-order valence-corrected chi connectivity index (χ0v) is 12.5. The Morgan fingerprint density at radius 1 is 0.944 bits per heavy atom. The van der Waals surface area contributed by atoms with E-state index in [0.717, 1.165) is 12.1 Å². The number of hydrogen-bond donors (Lipinski definition) is 1. The Kier molecular flexibility index (Phi) is 5.97. The van der Waals surface area contributed by atoms with Crippen LogP contribution >= 0.6 is 0 Å². The SMILES string of the molecule is CC(C)N(CC1CCCN1)C1CCCCCCC1. The van der Waals surface area contributed by atoms with Gasteiger partial charge in [-0.1, -0.05) is 32.1 Å². The maximum absolute atomic E-state index is 3.67. The molecule has 0 aromatic heterocycles. The molecule has 1 unspecified atom stereocenters. The predicted octanol–water partition coefficient (Wildman–Crippen LogP) is 3.56. The van der Waals surface area contributed by atoms with Gasteiger partial charge in [0.15, 0.2) is 0 Å². The van der Waals surface area contributed by atoms with Crippen molar-refractivity contribution in [3.8, 4) is 0 Å². The summed E-state index contributed by atoms with van der Waals surface area (Å²) >= 11 is 0. The molecule has 1 atom stereocenters. The zero-order chi connectivity index (χ0) is 12.8. The van der Waals surface area contributed by atoms with Crippen molar-refractivity contribution in [1.82, 2.24) is 10.2 Å². The Bertz CT molecular complexity index is 213. The van der Waals surface area contributed by atoms with E-state index in [9.17, 15) is 0 Å². The van der Waals surface area contributed by atoms with Crippen molar-refractivity contribution >= 4 is 0 Å². The van der Waals surface area contributed by atoms with Gasteiger partial charge < -0.3 is 5.32 Å². The molecule has 1 aliphatic heterocycles. The Hall–Kier alpha value is -0.0800. The third-order valence-corrected chi connectivity index (χ3v) is 4.80. The van der Waals surface area contributed by atoms with Crippen LogP contribution < -0.4 is 5.32 Å². The lowest BCUT2D eigenvalue weighted by molar-refractivity contribution is 0.117. The van der Waals surface area contributed by atoms with Gasteiger partial charge in [-0.05, 0) is 46.1 Å². The molecule has 2 rings (SSSR count). The molecule has 1 aliphatic carbocycles. The van der Waals surface area contributed by atoms with Crippen LogP contribution in [0.15, 0.2) is 0 Å². The van der Waals surface area contributed by atoms with E-state index < -0.39 is 0 Å². The van der Waals surface area contributed by atoms with Crippen molar-refractivity contribution in [3.63, 3.8) is 0 Å². The van der Waals surface area contributed by atoms with Crippen LogP contribution in [0.5, 0.6) is 0 Å². The zero-order valence-electron chi connectivity index (χ0n) is 12.5. The van der Waals surface area contributed by atoms with Crippen LogP contribution in [0.4, 0.5) is 0 Å². The molecule has 2 aliphatic rings. The maximum atomic E-state index is 3.67. The fraction of sp³-hybridized carbons (Fsp3) is 1.00. The van der Waals surface area contributed by atoms with Gasteiger partial charge in [-0.3, -0.25) is 4.90 Å². The first-order valence-electron chi connectivity index (χ1n) is 8.26. The van der Waals surface area contributed by atoms with E-state index in [1.165, 1.54) is 70.9 Å². The summed E-state index contributed by atoms with van der Waals surface area (Å²) in [5.41, 5.74) is 0. The summed E-state index contributed by atoms with van der Waals surface area (Å²) in [5.74, 6) is 0. The molecule has 0 amide bonds. The van der Waals surface area contributed by atoms with E-state index in [-0.39, 0.29) is 0 Å². The lowest BCUT2D eigenvalue weighted by Crippen LogP contribution is -2.47. The molecule has 106 valence electrons. The standard InChI is InChI=1S/C16H32N2/c1-14(2)18(13-15-9-8-12-17-15)16-10-6-4-3-5-7-11-16/h14-17H,3-13H2,1-2H3. The number of rotatable bonds is 4. The van der Waals surface area contributed by atoms with Crippen molar-refractivity contribution in [3.05, 3.63) is 0 Å². The molecule has 2 nitrogen and oxygen atoms in total. The molecule has 0 bridgehead atoms. The number of nitrogens with one attached hydrogen (secondary N) is 1. The molecule has 2 fully saturated rings. The van der Waals surface area contributed by atoms with Crippen molar-refractivity contribution < 1.29 is 0 Å². The quantitative estimate of drug-likeness (QED) is 0.823. The molecular weight excluding hydrogens is 220 g/mol. The lowest BCUT2D eigenvalue weighted by atomic mass is 9.94. The Balaban J connectivity index is 1.89. The highest BCUT2D eigenvalue weighted by Gasteiger charge is 2.25. The summed E-state index contributed by atoms with van der Waals surface area (Å²) in [7, 11) is 0. The maximum Gasteiger partial charge on any atom is 0.0195 e. The first-order valence-corrected chi connectivity index (χ1v) is 8.26. The van der Waals surface area contributed by atoms with Crippen LogP contribution in [0.3, 0.4) is 0 Å². The van der Waals surface area contributed by atoms with Gasteiger partial charge in [-0.25, -0.2) is 0 Å². The summed E-state index contributed by atoms with van der Waals surface area (Å²) in [6, 6.07) is 2.32. The lowest BCUT2D eigenvalue weighted by Gasteiger charge is -2.37. The fourth-order valence-corrected chi connectivity index (χ4v) is 3.71. The second kappa shape index (κ2) is 7.49. The molecule has 1 heterocycles. The van der Waals surface area contributed by atoms with Crippen molar-refractivity contribution in [1.29, 1.82) is 0 Å². The van der Waals surface area contributed by atoms with Gasteiger partial charge in [0.2, 0.25) is 0 Å². The average Bonchev–Trinajstić information content (AvgIpc) is 2.79. The molecule has 18 heavy (non-hydrogen) atoms. The van der Waals surface area contributed by atoms with Crippen molar-refractivity contribution in [2.75, 3.05) is 13.1 Å². The molecule has 0 aromatic carbocycles. The van der Waals surface area contributed by atoms with Crippen LogP contribution in [0.25, 0.3) is 0 Å². The summed E-state index contributed by atoms with van der Waals surface area (Å²) in [5, 5.41) is 3.67. The molecular formula is C16H32N2. The van der Waals surface area contributed by atoms with Gasteiger partial charge in [-0.15, -0.1) is 0 Å². The molecule has 0 radical (unpaired) electrons. The topological polar surface area (TPSA) is 15.3 Å². The van der Waals surface area contributed by atoms with E-state index in [4.69, 9.17) is 0 Å². The van der Waals surface area contributed by atoms with E-state index in [1.54, 1.807) is 0 Å². The van der Waals surface area contributed by atoms with Gasteiger partial charge in [0.1, 0.15) is 0 Å². The van der Waals surface area contributed by atoms with Crippen molar-refractivity contribution in [2.45, 2.75) is 89.8 Å². The third kappa shape index (κ3) is 4.24. The van der Waals surface area contributed by atoms with Gasteiger partial charge in [0.25, 0.3) is 0 Å². The highest BCUT2D eigenvalue weighted by Crippen LogP contribution is 2.24. The minimum atomic E-state index is 0.705. The third-order valence-electron chi connectivity index (χ3n) is 4.80. The molecule has 1 N–H and O–H groups in total. The first-order chi connectivity index (χ1) is 8.77. The first kappa shape index (κ1) is 14.3. The summed E-state index contributed by atoms with van der Waals surface area (Å²) < 4.78 is 0. The second-order valence-corrected chi connectivity index (χ2v) is 6.58. The largest absolute Gasteiger partial charge is 0.313 e. The number of hydrogen-bond acceptors (Lipinski definition) is 2. The van der Waals surface area contributed by atoms with Gasteiger partial charge >= 0.3 is 0 Å². The normalized spacial score (nSPS) is 27.7. The second-order valence-electron chi connectivity index (χ2n) is 6.58. The molecule has 2 heteroatoms. The monoisotopic (exact) mass is 252 g/mol. The molecule has 1 saturated heterocycles. The minimum Gasteiger partial charge on any atom is -0.313 e. The Morgan fingerprint density at radius 3 is 2.17 bits per heavy atom. The number of nitrogens with zero attached hydrogens (tertiary/aromatic N) is 1. The van der Waals surface area contributed by atoms with Gasteiger partial charge in [-0.2, -0.15) is 0 Å². The van der Waals surface area contributed by atoms with Gasteiger partial charge in [0.05, 0.1) is 0 Å². The van der Waals surface area contributed by atoms with E-state index in [0.29, 0.717) is 6.04 Å². The molecule has 0 aromatic rings. The van der Waals surface area contributed by atoms with Crippen LogP contribution in [0.2, 0.25) is 0 Å². The van der Waals surface area contributed by atoms with Crippen LogP contribution in [0, 0.1) is 0 Å².